The molecule has 1 rings (SSSR count). The molecule has 150 valence electrons. The molecule has 0 unspecified atom stereocenters. The van der Waals surface area contributed by atoms with Crippen LogP contribution in [0.25, 0.3) is 0 Å². The number of carbonyl (C=O) groups is 3. The molecule has 8 nitrogen and oxygen atoms in total. The average molecular weight is 379 g/mol. The topological polar surface area (TPSA) is 106 Å². The number of hydrogen-bond acceptors (Lipinski definition) is 5. The molecule has 0 radical (unpaired) electrons. The summed E-state index contributed by atoms with van der Waals surface area (Å²) in [6.07, 6.45) is -0.430. The Bertz CT molecular complexity index is 623. The first kappa shape index (κ1) is 22.3. The van der Waals surface area contributed by atoms with Crippen LogP contribution in [-0.2, 0) is 14.3 Å². The lowest BCUT2D eigenvalue weighted by atomic mass is 10.2. The Balaban J connectivity index is 2.06. The quantitative estimate of drug-likeness (QED) is 0.564. The fourth-order valence-electron chi connectivity index (χ4n) is 1.92. The highest BCUT2D eigenvalue weighted by Gasteiger charge is 2.15. The summed E-state index contributed by atoms with van der Waals surface area (Å²) in [5.41, 5.74) is 0.539. The van der Waals surface area contributed by atoms with E-state index in [9.17, 15) is 14.4 Å². The second-order valence-corrected chi connectivity index (χ2v) is 6.98. The molecule has 0 saturated heterocycles. The van der Waals surface area contributed by atoms with Crippen LogP contribution in [0.15, 0.2) is 24.3 Å². The summed E-state index contributed by atoms with van der Waals surface area (Å²) in [7, 11) is 0. The minimum Gasteiger partial charge on any atom is -0.484 e. The van der Waals surface area contributed by atoms with E-state index in [1.807, 2.05) is 19.1 Å². The Hall–Kier alpha value is -2.77. The Morgan fingerprint density at radius 1 is 0.889 bits per heavy atom. The maximum atomic E-state index is 11.7. The highest BCUT2D eigenvalue weighted by Crippen LogP contribution is 2.10. The van der Waals surface area contributed by atoms with E-state index in [1.165, 1.54) is 0 Å². The monoisotopic (exact) mass is 379 g/mol. The Morgan fingerprint density at radius 2 is 1.48 bits per heavy atom. The summed E-state index contributed by atoms with van der Waals surface area (Å²) in [5.74, 6) is 0.133. The first-order valence-corrected chi connectivity index (χ1v) is 8.85. The maximum absolute atomic E-state index is 11.7. The molecule has 1 aromatic rings. The van der Waals surface area contributed by atoms with Gasteiger partial charge in [-0.1, -0.05) is 17.7 Å². The van der Waals surface area contributed by atoms with Crippen molar-refractivity contribution >= 4 is 17.9 Å². The fourth-order valence-corrected chi connectivity index (χ4v) is 1.92. The zero-order chi connectivity index (χ0) is 20.3. The van der Waals surface area contributed by atoms with E-state index >= 15 is 0 Å². The van der Waals surface area contributed by atoms with Gasteiger partial charge >= 0.3 is 6.09 Å². The van der Waals surface area contributed by atoms with E-state index in [0.29, 0.717) is 18.8 Å². The summed E-state index contributed by atoms with van der Waals surface area (Å²) < 4.78 is 10.4. The van der Waals surface area contributed by atoms with E-state index in [4.69, 9.17) is 9.47 Å². The lowest BCUT2D eigenvalue weighted by Gasteiger charge is -2.19. The van der Waals surface area contributed by atoms with Crippen molar-refractivity contribution in [2.24, 2.45) is 0 Å². The molecule has 0 aliphatic carbocycles. The lowest BCUT2D eigenvalue weighted by molar-refractivity contribution is -0.124. The number of aryl methyl sites for hydroxylation is 1. The molecule has 27 heavy (non-hydrogen) atoms. The Morgan fingerprint density at radius 3 is 2.07 bits per heavy atom. The molecule has 0 bridgehead atoms. The third-order valence-electron chi connectivity index (χ3n) is 3.18. The van der Waals surface area contributed by atoms with E-state index in [-0.39, 0.29) is 31.4 Å². The van der Waals surface area contributed by atoms with Crippen molar-refractivity contribution in [3.05, 3.63) is 29.8 Å². The van der Waals surface area contributed by atoms with Gasteiger partial charge in [0.2, 0.25) is 5.91 Å². The molecule has 8 heteroatoms. The smallest absolute Gasteiger partial charge is 0.407 e. The number of ether oxygens (including phenoxy) is 2. The van der Waals surface area contributed by atoms with Crippen LogP contribution >= 0.6 is 0 Å². The molecule has 0 spiro atoms. The Kier molecular flexibility index (Phi) is 9.12. The van der Waals surface area contributed by atoms with Gasteiger partial charge in [-0.3, -0.25) is 9.59 Å². The molecular weight excluding hydrogens is 350 g/mol. The van der Waals surface area contributed by atoms with Crippen molar-refractivity contribution in [2.45, 2.75) is 39.7 Å². The zero-order valence-electron chi connectivity index (χ0n) is 16.4. The second-order valence-electron chi connectivity index (χ2n) is 6.98. The van der Waals surface area contributed by atoms with Gasteiger partial charge in [-0.05, 0) is 39.8 Å². The minimum atomic E-state index is -0.576. The average Bonchev–Trinajstić information content (AvgIpc) is 2.56. The summed E-state index contributed by atoms with van der Waals surface area (Å²) in [6, 6.07) is 7.41. The van der Waals surface area contributed by atoms with Crippen molar-refractivity contribution in [2.75, 3.05) is 26.2 Å². The number of amides is 3. The van der Waals surface area contributed by atoms with Gasteiger partial charge in [-0.25, -0.2) is 4.79 Å². The van der Waals surface area contributed by atoms with Gasteiger partial charge in [-0.15, -0.1) is 0 Å². The van der Waals surface area contributed by atoms with Crippen LogP contribution in [0.3, 0.4) is 0 Å². The third-order valence-corrected chi connectivity index (χ3v) is 3.18. The highest BCUT2D eigenvalue weighted by atomic mass is 16.6. The molecule has 0 aliphatic heterocycles. The van der Waals surface area contributed by atoms with Gasteiger partial charge in [0.1, 0.15) is 11.4 Å². The van der Waals surface area contributed by atoms with Gasteiger partial charge in [0.05, 0.1) is 0 Å². The van der Waals surface area contributed by atoms with Crippen molar-refractivity contribution < 1.29 is 23.9 Å². The standard InChI is InChI=1S/C19H29N3O5/c1-14-5-7-15(8-6-14)26-13-17(24)21-12-11-20-16(23)9-10-22-18(25)27-19(2,3)4/h5-8H,9-13H2,1-4H3,(H,20,23)(H,21,24)(H,22,25). The fraction of sp³-hybridized carbons (Fsp3) is 0.526. The van der Waals surface area contributed by atoms with Crippen LogP contribution in [-0.4, -0.2) is 49.7 Å². The van der Waals surface area contributed by atoms with Crippen LogP contribution in [0.4, 0.5) is 4.79 Å². The minimum absolute atomic E-state index is 0.0865. The molecule has 0 atom stereocenters. The van der Waals surface area contributed by atoms with Crippen LogP contribution in [0.1, 0.15) is 32.8 Å². The molecule has 1 aromatic carbocycles. The number of nitrogens with one attached hydrogen (secondary N) is 3. The molecule has 0 heterocycles. The molecule has 3 amide bonds. The zero-order valence-corrected chi connectivity index (χ0v) is 16.4. The van der Waals surface area contributed by atoms with Gasteiger partial charge in [0, 0.05) is 26.1 Å². The number of carbonyl (C=O) groups excluding carboxylic acids is 3. The van der Waals surface area contributed by atoms with E-state index in [2.05, 4.69) is 16.0 Å². The Labute approximate surface area is 160 Å². The van der Waals surface area contributed by atoms with Crippen molar-refractivity contribution in [1.29, 1.82) is 0 Å². The van der Waals surface area contributed by atoms with Crippen LogP contribution in [0.2, 0.25) is 0 Å². The van der Waals surface area contributed by atoms with E-state index in [0.717, 1.165) is 5.56 Å². The summed E-state index contributed by atoms with van der Waals surface area (Å²) in [6.45, 7) is 7.94. The summed E-state index contributed by atoms with van der Waals surface area (Å²) in [4.78, 5) is 34.8. The summed E-state index contributed by atoms with van der Waals surface area (Å²) >= 11 is 0. The van der Waals surface area contributed by atoms with Gasteiger partial charge < -0.3 is 25.4 Å². The molecule has 0 aromatic heterocycles. The molecule has 0 aliphatic rings. The number of rotatable bonds is 9. The van der Waals surface area contributed by atoms with Gasteiger partial charge in [0.15, 0.2) is 6.61 Å². The summed E-state index contributed by atoms with van der Waals surface area (Å²) in [5, 5.41) is 7.81. The van der Waals surface area contributed by atoms with Gasteiger partial charge in [0.25, 0.3) is 5.91 Å². The predicted octanol–water partition coefficient (Wildman–Crippen LogP) is 1.52. The highest BCUT2D eigenvalue weighted by molar-refractivity contribution is 5.78. The largest absolute Gasteiger partial charge is 0.484 e. The van der Waals surface area contributed by atoms with Crippen LogP contribution in [0.5, 0.6) is 5.75 Å². The third kappa shape index (κ3) is 11.5. The first-order chi connectivity index (χ1) is 12.7. The van der Waals surface area contributed by atoms with E-state index < -0.39 is 11.7 Å². The first-order valence-electron chi connectivity index (χ1n) is 8.85. The van der Waals surface area contributed by atoms with Crippen molar-refractivity contribution in [3.63, 3.8) is 0 Å². The molecule has 0 fully saturated rings. The van der Waals surface area contributed by atoms with E-state index in [1.54, 1.807) is 32.9 Å². The predicted molar refractivity (Wildman–Crippen MR) is 102 cm³/mol. The number of alkyl carbamates (subject to hydrolysis) is 1. The molecule has 0 saturated carbocycles. The van der Waals surface area contributed by atoms with Crippen molar-refractivity contribution in [3.8, 4) is 5.75 Å². The number of hydrogen-bond donors (Lipinski definition) is 3. The van der Waals surface area contributed by atoms with Crippen LogP contribution in [0, 0.1) is 6.92 Å². The van der Waals surface area contributed by atoms with Crippen molar-refractivity contribution in [1.82, 2.24) is 16.0 Å². The molecule has 3 N–H and O–H groups in total. The number of benzene rings is 1. The lowest BCUT2D eigenvalue weighted by Crippen LogP contribution is -2.38. The van der Waals surface area contributed by atoms with Gasteiger partial charge in [-0.2, -0.15) is 0 Å². The maximum Gasteiger partial charge on any atom is 0.407 e. The second kappa shape index (κ2) is 11.1. The normalized spacial score (nSPS) is 10.7. The van der Waals surface area contributed by atoms with Crippen LogP contribution < -0.4 is 20.7 Å². The SMILES string of the molecule is Cc1ccc(OCC(=O)NCCNC(=O)CCNC(=O)OC(C)(C)C)cc1. The molecular formula is C19H29N3O5.